The molecule has 2 aromatic carbocycles. The molecule has 0 aliphatic carbocycles. The van der Waals surface area contributed by atoms with Gasteiger partial charge in [-0.25, -0.2) is 5.01 Å². The quantitative estimate of drug-likeness (QED) is 0.560. The molecule has 1 N–H and O–H groups in total. The van der Waals surface area contributed by atoms with Crippen molar-refractivity contribution in [3.63, 3.8) is 0 Å². The van der Waals surface area contributed by atoms with E-state index >= 15 is 0 Å². The first-order chi connectivity index (χ1) is 13.4. The minimum atomic E-state index is -0.511. The van der Waals surface area contributed by atoms with Crippen LogP contribution in [0, 0.1) is 0 Å². The molecule has 0 saturated carbocycles. The Balaban J connectivity index is 1.91. The van der Waals surface area contributed by atoms with Crippen molar-refractivity contribution in [1.29, 1.82) is 0 Å². The van der Waals surface area contributed by atoms with Gasteiger partial charge in [0.15, 0.2) is 11.5 Å². The summed E-state index contributed by atoms with van der Waals surface area (Å²) in [6.07, 6.45) is 1.51. The predicted octanol–water partition coefficient (Wildman–Crippen LogP) is 4.25. The predicted molar refractivity (Wildman–Crippen MR) is 109 cm³/mol. The Morgan fingerprint density at radius 1 is 0.964 bits per heavy atom. The molecular formula is C20H18Cl2N2O4. The summed E-state index contributed by atoms with van der Waals surface area (Å²) in [6.45, 7) is 4.71. The van der Waals surface area contributed by atoms with E-state index in [-0.39, 0.29) is 10.6 Å². The molecule has 28 heavy (non-hydrogen) atoms. The monoisotopic (exact) mass is 420 g/mol. The highest BCUT2D eigenvalue weighted by Crippen LogP contribution is 2.31. The minimum Gasteiger partial charge on any atom is -0.490 e. The van der Waals surface area contributed by atoms with Gasteiger partial charge in [0.2, 0.25) is 0 Å². The van der Waals surface area contributed by atoms with Crippen LogP contribution in [0.25, 0.3) is 6.08 Å². The number of benzene rings is 2. The van der Waals surface area contributed by atoms with Crippen molar-refractivity contribution >= 4 is 46.8 Å². The number of hydrogen-bond donors (Lipinski definition) is 1. The maximum atomic E-state index is 12.7. The fourth-order valence-electron chi connectivity index (χ4n) is 2.69. The molecule has 0 radical (unpaired) electrons. The molecule has 1 fully saturated rings. The van der Waals surface area contributed by atoms with Crippen molar-refractivity contribution in [2.24, 2.45) is 0 Å². The van der Waals surface area contributed by atoms with Gasteiger partial charge in [0, 0.05) is 0 Å². The van der Waals surface area contributed by atoms with Crippen LogP contribution < -0.4 is 19.9 Å². The van der Waals surface area contributed by atoms with Gasteiger partial charge in [-0.05, 0) is 55.8 Å². The van der Waals surface area contributed by atoms with Crippen LogP contribution >= 0.6 is 23.2 Å². The average Bonchev–Trinajstić information content (AvgIpc) is 2.94. The molecule has 0 bridgehead atoms. The molecule has 1 aliphatic rings. The second kappa shape index (κ2) is 8.54. The van der Waals surface area contributed by atoms with Crippen molar-refractivity contribution < 1.29 is 19.1 Å². The van der Waals surface area contributed by atoms with Crippen LogP contribution in [-0.4, -0.2) is 25.0 Å². The van der Waals surface area contributed by atoms with Crippen molar-refractivity contribution in [3.05, 3.63) is 57.6 Å². The summed E-state index contributed by atoms with van der Waals surface area (Å²) in [5.74, 6) is 0.148. The third-order valence-electron chi connectivity index (χ3n) is 3.93. The molecule has 2 amide bonds. The summed E-state index contributed by atoms with van der Waals surface area (Å²) in [4.78, 5) is 25.1. The van der Waals surface area contributed by atoms with E-state index in [0.717, 1.165) is 5.01 Å². The molecule has 0 spiro atoms. The van der Waals surface area contributed by atoms with E-state index in [1.807, 2.05) is 13.8 Å². The average molecular weight is 421 g/mol. The number of nitrogens with zero attached hydrogens (tertiary/aromatic N) is 1. The van der Waals surface area contributed by atoms with E-state index in [1.54, 1.807) is 30.3 Å². The lowest BCUT2D eigenvalue weighted by Gasteiger charge is -2.15. The second-order valence-electron chi connectivity index (χ2n) is 5.81. The first-order valence-corrected chi connectivity index (χ1v) is 9.42. The fourth-order valence-corrected chi connectivity index (χ4v) is 2.98. The lowest BCUT2D eigenvalue weighted by molar-refractivity contribution is -0.117. The lowest BCUT2D eigenvalue weighted by atomic mass is 10.1. The Bertz CT molecular complexity index is 959. The van der Waals surface area contributed by atoms with Crippen molar-refractivity contribution in [2.75, 3.05) is 18.2 Å². The molecule has 2 aromatic rings. The van der Waals surface area contributed by atoms with Crippen molar-refractivity contribution in [2.45, 2.75) is 13.8 Å². The van der Waals surface area contributed by atoms with Crippen LogP contribution in [0.4, 0.5) is 5.69 Å². The molecule has 3 rings (SSSR count). The van der Waals surface area contributed by atoms with Gasteiger partial charge in [0.05, 0.1) is 28.9 Å². The normalized spacial score (nSPS) is 15.1. The minimum absolute atomic E-state index is 0.00215. The van der Waals surface area contributed by atoms with Crippen molar-refractivity contribution in [1.82, 2.24) is 5.43 Å². The Morgan fingerprint density at radius 2 is 1.68 bits per heavy atom. The van der Waals surface area contributed by atoms with Gasteiger partial charge in [-0.1, -0.05) is 29.3 Å². The van der Waals surface area contributed by atoms with Crippen LogP contribution in [0.15, 0.2) is 42.0 Å². The summed E-state index contributed by atoms with van der Waals surface area (Å²) in [5.41, 5.74) is 3.58. The van der Waals surface area contributed by atoms with E-state index in [0.29, 0.717) is 41.0 Å². The summed E-state index contributed by atoms with van der Waals surface area (Å²) in [7, 11) is 0. The number of hydrazine groups is 1. The topological polar surface area (TPSA) is 67.9 Å². The van der Waals surface area contributed by atoms with Gasteiger partial charge in [0.25, 0.3) is 11.8 Å². The highest BCUT2D eigenvalue weighted by atomic mass is 35.5. The van der Waals surface area contributed by atoms with E-state index in [2.05, 4.69) is 5.43 Å². The van der Waals surface area contributed by atoms with E-state index in [1.165, 1.54) is 12.1 Å². The van der Waals surface area contributed by atoms with Gasteiger partial charge in [-0.3, -0.25) is 15.0 Å². The molecule has 1 saturated heterocycles. The van der Waals surface area contributed by atoms with E-state index in [9.17, 15) is 9.59 Å². The number of hydrogen-bond acceptors (Lipinski definition) is 4. The number of amides is 2. The summed E-state index contributed by atoms with van der Waals surface area (Å²) in [6, 6.07) is 9.89. The fraction of sp³-hybridized carbons (Fsp3) is 0.200. The number of ether oxygens (including phenoxy) is 2. The lowest BCUT2D eigenvalue weighted by Crippen LogP contribution is -2.35. The summed E-state index contributed by atoms with van der Waals surface area (Å²) in [5, 5.41) is 1.78. The summed E-state index contributed by atoms with van der Waals surface area (Å²) < 4.78 is 11.1. The number of halogens is 2. The zero-order valence-electron chi connectivity index (χ0n) is 15.3. The van der Waals surface area contributed by atoms with Gasteiger partial charge in [-0.2, -0.15) is 0 Å². The largest absolute Gasteiger partial charge is 0.490 e. The Morgan fingerprint density at radius 3 is 2.36 bits per heavy atom. The number of nitrogens with one attached hydrogen (secondary N) is 1. The maximum Gasteiger partial charge on any atom is 0.282 e. The zero-order chi connectivity index (χ0) is 20.3. The molecule has 1 aliphatic heterocycles. The zero-order valence-corrected chi connectivity index (χ0v) is 16.8. The SMILES string of the molecule is CCOc1ccc(/C=C2/C(=O)NN(c3ccc(Cl)c(Cl)c3)C2=O)cc1OCC. The van der Waals surface area contributed by atoms with Gasteiger partial charge in [-0.15, -0.1) is 0 Å². The highest BCUT2D eigenvalue weighted by molar-refractivity contribution is 6.42. The first-order valence-electron chi connectivity index (χ1n) is 8.66. The third-order valence-corrected chi connectivity index (χ3v) is 4.67. The highest BCUT2D eigenvalue weighted by Gasteiger charge is 2.34. The second-order valence-corrected chi connectivity index (χ2v) is 6.62. The molecule has 8 heteroatoms. The summed E-state index contributed by atoms with van der Waals surface area (Å²) >= 11 is 11.9. The van der Waals surface area contributed by atoms with Crippen LogP contribution in [0.2, 0.25) is 10.0 Å². The third kappa shape index (κ3) is 4.08. The number of carbonyl (C=O) groups excluding carboxylic acids is 2. The molecule has 146 valence electrons. The molecule has 6 nitrogen and oxygen atoms in total. The van der Waals surface area contributed by atoms with Gasteiger partial charge in [0.1, 0.15) is 5.57 Å². The number of carbonyl (C=O) groups is 2. The molecule has 0 aromatic heterocycles. The van der Waals surface area contributed by atoms with Gasteiger partial charge < -0.3 is 9.47 Å². The Kier molecular flexibility index (Phi) is 6.11. The van der Waals surface area contributed by atoms with Crippen molar-refractivity contribution in [3.8, 4) is 11.5 Å². The van der Waals surface area contributed by atoms with Crippen LogP contribution in [0.3, 0.4) is 0 Å². The molecular weight excluding hydrogens is 403 g/mol. The molecule has 1 heterocycles. The van der Waals surface area contributed by atoms with E-state index in [4.69, 9.17) is 32.7 Å². The number of anilines is 1. The van der Waals surface area contributed by atoms with Gasteiger partial charge >= 0.3 is 0 Å². The number of rotatable bonds is 6. The standard InChI is InChI=1S/C20H18Cl2N2O4/c1-3-27-17-8-5-12(10-18(17)28-4-2)9-14-19(25)23-24(20(14)26)13-6-7-15(21)16(22)11-13/h5-11H,3-4H2,1-2H3,(H,23,25)/b14-9-. The van der Waals surface area contributed by atoms with Crippen LogP contribution in [-0.2, 0) is 9.59 Å². The van der Waals surface area contributed by atoms with Crippen LogP contribution in [0.5, 0.6) is 11.5 Å². The molecule has 0 atom stereocenters. The Hall–Kier alpha value is -2.70. The van der Waals surface area contributed by atoms with E-state index < -0.39 is 11.8 Å². The molecule has 0 unspecified atom stereocenters. The smallest absolute Gasteiger partial charge is 0.282 e. The van der Waals surface area contributed by atoms with Crippen LogP contribution in [0.1, 0.15) is 19.4 Å². The Labute approximate surface area is 172 Å². The maximum absolute atomic E-state index is 12.7. The first kappa shape index (κ1) is 20.0.